The summed E-state index contributed by atoms with van der Waals surface area (Å²) in [7, 11) is 0. The summed E-state index contributed by atoms with van der Waals surface area (Å²) in [5.41, 5.74) is 13.5. The second kappa shape index (κ2) is 108. The molecule has 0 N–H and O–H groups in total. The number of nitrogens with zero attached hydrogens (tertiary/aromatic N) is 4. The normalized spacial score (nSPS) is 1.67. The molecule has 0 aromatic heterocycles. The summed E-state index contributed by atoms with van der Waals surface area (Å²) in [6.07, 6.45) is 0. The van der Waals surface area contributed by atoms with Crippen molar-refractivity contribution in [1.29, 1.82) is 5.26 Å². The van der Waals surface area contributed by atoms with Gasteiger partial charge in [-0.05, 0) is 0 Å². The van der Waals surface area contributed by atoms with E-state index in [0.717, 1.165) is 0 Å². The molecule has 0 aromatic carbocycles. The van der Waals surface area contributed by atoms with Crippen LogP contribution in [0.5, 0.6) is 0 Å². The number of hydrogen-bond donors (Lipinski definition) is 0. The second-order valence-electron chi connectivity index (χ2n) is 0.0894. The second-order valence-corrected chi connectivity index (χ2v) is 0.0894. The molecule has 0 heterocycles. The van der Waals surface area contributed by atoms with Crippen LogP contribution in [0.2, 0.25) is 0 Å². The fraction of sp³-hybridized carbons (Fsp3) is 0. The Hall–Kier alpha value is -0.200. The van der Waals surface area contributed by atoms with E-state index in [9.17, 15) is 0 Å². The predicted molar refractivity (Wildman–Crippen MR) is 15.0 cm³/mol. The molecule has 5 heteroatoms. The molecule has 0 saturated heterocycles. The minimum absolute atomic E-state index is 0. The molecule has 26 valence electrons. The van der Waals surface area contributed by atoms with Crippen LogP contribution in [0.4, 0.5) is 0 Å². The monoisotopic (exact) mass is 91.0 g/mol. The van der Waals surface area contributed by atoms with Crippen LogP contribution in [0.1, 0.15) is 0 Å². The van der Waals surface area contributed by atoms with Crippen molar-refractivity contribution in [3.63, 3.8) is 0 Å². The maximum Gasteiger partial charge on any atom is 1.00 e. The van der Waals surface area contributed by atoms with E-state index in [2.05, 4.69) is 0 Å². The molecule has 0 atom stereocenters. The Morgan fingerprint density at radius 3 is 1.33 bits per heavy atom. The zero-order valence-corrected chi connectivity index (χ0v) is 5.29. The largest absolute Gasteiger partial charge is 1.00 e. The minimum atomic E-state index is 0. The van der Waals surface area contributed by atoms with E-state index in [0.29, 0.717) is 0 Å². The summed E-state index contributed by atoms with van der Waals surface area (Å²) in [6, 6.07) is 0. The van der Waals surface area contributed by atoms with Gasteiger partial charge >= 0.3 is 29.6 Å². The van der Waals surface area contributed by atoms with Crippen molar-refractivity contribution in [2.24, 2.45) is 0 Å². The summed E-state index contributed by atoms with van der Waals surface area (Å²) >= 11 is 0. The molecule has 0 aliphatic carbocycles. The molecular formula is CN4Na-. The van der Waals surface area contributed by atoms with Gasteiger partial charge in [-0.25, -0.2) is 0 Å². The van der Waals surface area contributed by atoms with E-state index in [1.165, 1.54) is 4.91 Å². The molecule has 0 spiro atoms. The quantitative estimate of drug-likeness (QED) is 0.111. The topological polar surface area (TPSA) is 82.5 Å². The van der Waals surface area contributed by atoms with Gasteiger partial charge < -0.3 is 22.9 Å². The van der Waals surface area contributed by atoms with Gasteiger partial charge in [-0.2, -0.15) is 0 Å². The molecule has 0 unspecified atom stereocenters. The zero-order valence-electron chi connectivity index (χ0n) is 3.29. The summed E-state index contributed by atoms with van der Waals surface area (Å²) in [4.78, 5) is 1.50. The van der Waals surface area contributed by atoms with Crippen LogP contribution in [0, 0.1) is 11.8 Å². The molecule has 0 radical (unpaired) electrons. The first-order valence-electron chi connectivity index (χ1n) is 0.624. The first kappa shape index (κ1) is 17.0. The van der Waals surface area contributed by atoms with E-state index >= 15 is 0 Å². The summed E-state index contributed by atoms with van der Waals surface area (Å²) in [5.74, 6) is 0. The van der Waals surface area contributed by atoms with Gasteiger partial charge in [0.15, 0.2) is 0 Å². The third-order valence-electron chi connectivity index (χ3n) is 0. The molecule has 0 saturated carbocycles. The molecule has 0 rings (SSSR count). The standard InChI is InChI=1S/CN.N3.Na/c1-2;1-3-2;/q2*-1;+1. The van der Waals surface area contributed by atoms with E-state index in [1.807, 2.05) is 0 Å². The molecule has 0 fully saturated rings. The zero-order chi connectivity index (χ0) is 4.71. The van der Waals surface area contributed by atoms with Crippen molar-refractivity contribution < 1.29 is 29.6 Å². The summed E-state index contributed by atoms with van der Waals surface area (Å²) < 4.78 is 0. The van der Waals surface area contributed by atoms with Crippen molar-refractivity contribution in [3.8, 4) is 0 Å². The van der Waals surface area contributed by atoms with Crippen molar-refractivity contribution in [1.82, 2.24) is 0 Å². The molecule has 0 aliphatic rings. The van der Waals surface area contributed by atoms with Gasteiger partial charge in [0.1, 0.15) is 0 Å². The minimum Gasteiger partial charge on any atom is -0.512 e. The third kappa shape index (κ3) is 745. The van der Waals surface area contributed by atoms with E-state index in [-0.39, 0.29) is 29.6 Å². The maximum absolute atomic E-state index is 6.75. The first-order valence-corrected chi connectivity index (χ1v) is 0.624. The Bertz CT molecular complexity index is 49.8. The van der Waals surface area contributed by atoms with Gasteiger partial charge in [-0.15, -0.1) is 0 Å². The van der Waals surface area contributed by atoms with Crippen molar-refractivity contribution in [2.75, 3.05) is 0 Å². The van der Waals surface area contributed by atoms with Gasteiger partial charge in [0.05, 0.1) is 0 Å². The van der Waals surface area contributed by atoms with Crippen LogP contribution in [-0.4, -0.2) is 0 Å². The van der Waals surface area contributed by atoms with Crippen LogP contribution >= 0.6 is 0 Å². The van der Waals surface area contributed by atoms with Crippen LogP contribution < -0.4 is 29.6 Å². The van der Waals surface area contributed by atoms with E-state index in [4.69, 9.17) is 22.9 Å². The third-order valence-corrected chi connectivity index (χ3v) is 0. The van der Waals surface area contributed by atoms with Crippen LogP contribution in [0.3, 0.4) is 0 Å². The summed E-state index contributed by atoms with van der Waals surface area (Å²) in [6.45, 7) is 4.75. The van der Waals surface area contributed by atoms with Gasteiger partial charge in [0, 0.05) is 0 Å². The van der Waals surface area contributed by atoms with E-state index in [1.54, 1.807) is 0 Å². The Balaban J connectivity index is -0.0000000275. The molecule has 0 amide bonds. The Morgan fingerprint density at radius 1 is 1.33 bits per heavy atom. The molecule has 4 nitrogen and oxygen atoms in total. The van der Waals surface area contributed by atoms with Gasteiger partial charge in [-0.1, -0.05) is 0 Å². The SMILES string of the molecule is [C-]#N.[N-]=[N+]=[N-].[Na+]. The average molecular weight is 91.0 g/mol. The molecular weight excluding hydrogens is 91.0 g/mol. The van der Waals surface area contributed by atoms with Gasteiger partial charge in [-0.3, -0.25) is 4.91 Å². The predicted octanol–water partition coefficient (Wildman–Crippen LogP) is -2.03. The Labute approximate surface area is 57.5 Å². The van der Waals surface area contributed by atoms with Crippen molar-refractivity contribution in [2.45, 2.75) is 0 Å². The van der Waals surface area contributed by atoms with E-state index < -0.39 is 0 Å². The summed E-state index contributed by atoms with van der Waals surface area (Å²) in [5, 5.41) is 6.25. The van der Waals surface area contributed by atoms with Gasteiger partial charge in [0.25, 0.3) is 0 Å². The van der Waals surface area contributed by atoms with Crippen LogP contribution in [-0.2, 0) is 0 Å². The maximum atomic E-state index is 6.75. The fourth-order valence-corrected chi connectivity index (χ4v) is 0. The average Bonchev–Trinajstić information content (AvgIpc) is 1.46. The van der Waals surface area contributed by atoms with Crippen LogP contribution in [0.25, 0.3) is 16.0 Å². The Morgan fingerprint density at radius 2 is 1.33 bits per heavy atom. The number of rotatable bonds is 0. The van der Waals surface area contributed by atoms with Gasteiger partial charge in [0.2, 0.25) is 0 Å². The Kier molecular flexibility index (Phi) is 308. The first-order chi connectivity index (χ1) is 2.41. The molecule has 6 heavy (non-hydrogen) atoms. The molecule has 0 bridgehead atoms. The smallest absolute Gasteiger partial charge is 0.512 e. The molecule has 0 aromatic rings. The molecule has 0 aliphatic heterocycles. The van der Waals surface area contributed by atoms with Crippen molar-refractivity contribution >= 4 is 0 Å². The number of hydrogen-bond acceptors (Lipinski definition) is 1. The fourth-order valence-electron chi connectivity index (χ4n) is 0. The van der Waals surface area contributed by atoms with Crippen LogP contribution in [0.15, 0.2) is 0 Å². The van der Waals surface area contributed by atoms with Crippen molar-refractivity contribution in [3.05, 3.63) is 22.5 Å².